The lowest BCUT2D eigenvalue weighted by molar-refractivity contribution is -0.274. The summed E-state index contributed by atoms with van der Waals surface area (Å²) in [6.07, 6.45) is -2.85. The number of ether oxygens (including phenoxy) is 2. The standard InChI is InChI=1S/C31H23Cl2F9O2/c1-3-4-7-18-10-11-19(25(35)12-18)8-5-6-9-24(34)17(2)20-13-26(36)28(27(37)14-20)30(38,39)43-21-15-22(32)29(23(33)16-21)44-31(40,41)42/h9-10,12-16,19H,2-4,6-7,11H2,1H3/b24-9+. The van der Waals surface area contributed by atoms with E-state index in [-0.39, 0.29) is 6.42 Å². The lowest BCUT2D eigenvalue weighted by Crippen LogP contribution is -2.25. The first kappa shape index (κ1) is 35.0. The van der Waals surface area contributed by atoms with E-state index >= 15 is 0 Å². The molecule has 44 heavy (non-hydrogen) atoms. The van der Waals surface area contributed by atoms with Crippen molar-refractivity contribution < 1.29 is 49.0 Å². The van der Waals surface area contributed by atoms with Crippen molar-refractivity contribution in [2.24, 2.45) is 5.92 Å². The molecule has 0 spiro atoms. The van der Waals surface area contributed by atoms with Gasteiger partial charge in [0.1, 0.15) is 34.6 Å². The summed E-state index contributed by atoms with van der Waals surface area (Å²) in [6, 6.07) is 1.72. The van der Waals surface area contributed by atoms with Gasteiger partial charge in [-0.25, -0.2) is 17.6 Å². The Kier molecular flexibility index (Phi) is 11.6. The Morgan fingerprint density at radius 1 is 1.02 bits per heavy atom. The third-order valence-electron chi connectivity index (χ3n) is 6.16. The van der Waals surface area contributed by atoms with E-state index in [9.17, 15) is 39.5 Å². The molecule has 2 aromatic carbocycles. The van der Waals surface area contributed by atoms with Crippen LogP contribution in [0.15, 0.2) is 66.3 Å². The molecular formula is C31H23Cl2F9O2. The van der Waals surface area contributed by atoms with E-state index in [4.69, 9.17) is 23.2 Å². The summed E-state index contributed by atoms with van der Waals surface area (Å²) in [4.78, 5) is 0. The van der Waals surface area contributed by atoms with Crippen molar-refractivity contribution in [2.45, 2.75) is 51.5 Å². The second-order valence-electron chi connectivity index (χ2n) is 9.45. The van der Waals surface area contributed by atoms with Crippen LogP contribution in [0.1, 0.15) is 50.2 Å². The van der Waals surface area contributed by atoms with Crippen LogP contribution in [-0.4, -0.2) is 6.36 Å². The van der Waals surface area contributed by atoms with Gasteiger partial charge in [-0.3, -0.25) is 0 Å². The lowest BCUT2D eigenvalue weighted by Gasteiger charge is -2.21. The van der Waals surface area contributed by atoms with Crippen LogP contribution < -0.4 is 9.47 Å². The van der Waals surface area contributed by atoms with Gasteiger partial charge in [-0.15, -0.1) is 13.2 Å². The summed E-state index contributed by atoms with van der Waals surface area (Å²) in [5.41, 5.74) is -2.07. The molecule has 236 valence electrons. The van der Waals surface area contributed by atoms with Gasteiger partial charge in [0.15, 0.2) is 5.75 Å². The van der Waals surface area contributed by atoms with Crippen LogP contribution in [-0.2, 0) is 6.11 Å². The highest BCUT2D eigenvalue weighted by atomic mass is 35.5. The van der Waals surface area contributed by atoms with Gasteiger partial charge < -0.3 is 9.47 Å². The van der Waals surface area contributed by atoms with Crippen molar-refractivity contribution in [3.05, 3.63) is 99.1 Å². The van der Waals surface area contributed by atoms with E-state index in [2.05, 4.69) is 27.9 Å². The van der Waals surface area contributed by atoms with Gasteiger partial charge in [0.05, 0.1) is 16.0 Å². The Balaban J connectivity index is 1.72. The third-order valence-corrected chi connectivity index (χ3v) is 6.72. The molecule has 2 aromatic rings. The number of allylic oxidation sites excluding steroid dienone is 7. The van der Waals surface area contributed by atoms with Crippen molar-refractivity contribution in [2.75, 3.05) is 0 Å². The van der Waals surface area contributed by atoms with Crippen molar-refractivity contribution in [1.82, 2.24) is 0 Å². The van der Waals surface area contributed by atoms with Gasteiger partial charge in [0.2, 0.25) is 0 Å². The summed E-state index contributed by atoms with van der Waals surface area (Å²) in [7, 11) is 0. The summed E-state index contributed by atoms with van der Waals surface area (Å²) in [5, 5.41) is -1.76. The number of rotatable bonds is 10. The SMILES string of the molecule is C=C(/C(F)=C\CC#CC1CC=C(CCCC)C=C1F)c1cc(F)c(C(F)(F)Oc2cc(Cl)c(OC(F)(F)F)c(Cl)c2)c(F)c1. The zero-order valence-electron chi connectivity index (χ0n) is 22.8. The minimum absolute atomic E-state index is 0.200. The molecule has 2 nitrogen and oxygen atoms in total. The van der Waals surface area contributed by atoms with Gasteiger partial charge in [-0.2, -0.15) is 8.78 Å². The molecule has 3 rings (SSSR count). The number of unbranched alkanes of at least 4 members (excludes halogenated alkanes) is 1. The Labute approximate surface area is 257 Å². The van der Waals surface area contributed by atoms with E-state index in [0.29, 0.717) is 30.7 Å². The first-order valence-electron chi connectivity index (χ1n) is 12.9. The molecule has 0 saturated carbocycles. The highest BCUT2D eigenvalue weighted by molar-refractivity contribution is 6.37. The van der Waals surface area contributed by atoms with Crippen LogP contribution in [0.4, 0.5) is 39.5 Å². The summed E-state index contributed by atoms with van der Waals surface area (Å²) in [6.45, 7) is 5.42. The van der Waals surface area contributed by atoms with E-state index < -0.39 is 79.9 Å². The molecule has 13 heteroatoms. The van der Waals surface area contributed by atoms with E-state index in [1.807, 2.05) is 13.0 Å². The molecule has 1 unspecified atom stereocenters. The van der Waals surface area contributed by atoms with Crippen LogP contribution >= 0.6 is 23.2 Å². The molecule has 1 aliphatic carbocycles. The van der Waals surface area contributed by atoms with Crippen LogP contribution in [0.2, 0.25) is 10.0 Å². The summed E-state index contributed by atoms with van der Waals surface area (Å²) >= 11 is 11.2. The number of hydrogen-bond acceptors (Lipinski definition) is 2. The zero-order chi connectivity index (χ0) is 32.8. The first-order chi connectivity index (χ1) is 20.5. The fourth-order valence-corrected chi connectivity index (χ4v) is 4.56. The Hall–Kier alpha value is -3.49. The van der Waals surface area contributed by atoms with Crippen LogP contribution in [0.3, 0.4) is 0 Å². The molecule has 1 aliphatic rings. The Morgan fingerprint density at radius 3 is 2.18 bits per heavy atom. The normalized spacial score (nSPS) is 15.6. The zero-order valence-corrected chi connectivity index (χ0v) is 24.3. The highest BCUT2D eigenvalue weighted by Crippen LogP contribution is 2.43. The molecule has 1 atom stereocenters. The molecule has 0 aliphatic heterocycles. The van der Waals surface area contributed by atoms with Crippen LogP contribution in [0, 0.1) is 29.4 Å². The monoisotopic (exact) mass is 668 g/mol. The number of alkyl halides is 5. The van der Waals surface area contributed by atoms with Crippen molar-refractivity contribution >= 4 is 28.8 Å². The van der Waals surface area contributed by atoms with Crippen LogP contribution in [0.5, 0.6) is 11.5 Å². The lowest BCUT2D eigenvalue weighted by atomic mass is 9.93. The topological polar surface area (TPSA) is 18.5 Å². The molecular weight excluding hydrogens is 646 g/mol. The van der Waals surface area contributed by atoms with E-state index in [1.165, 1.54) is 6.08 Å². The number of hydrogen-bond donors (Lipinski definition) is 0. The maximum absolute atomic E-state index is 14.8. The van der Waals surface area contributed by atoms with Crippen molar-refractivity contribution in [3.63, 3.8) is 0 Å². The van der Waals surface area contributed by atoms with Crippen molar-refractivity contribution in [1.29, 1.82) is 0 Å². The second-order valence-corrected chi connectivity index (χ2v) is 10.3. The number of benzene rings is 2. The predicted molar refractivity (Wildman–Crippen MR) is 150 cm³/mol. The highest BCUT2D eigenvalue weighted by Gasteiger charge is 2.42. The first-order valence-corrected chi connectivity index (χ1v) is 13.7. The van der Waals surface area contributed by atoms with E-state index in [0.717, 1.165) is 30.9 Å². The molecule has 0 aromatic heterocycles. The molecule has 0 saturated heterocycles. The fraction of sp³-hybridized carbons (Fsp3) is 0.290. The predicted octanol–water partition coefficient (Wildman–Crippen LogP) is 11.5. The second kappa shape index (κ2) is 14.5. The minimum atomic E-state index is -5.21. The average Bonchev–Trinajstić information content (AvgIpc) is 2.91. The molecule has 0 N–H and O–H groups in total. The maximum Gasteiger partial charge on any atom is 0.573 e. The summed E-state index contributed by atoms with van der Waals surface area (Å²) in [5.74, 6) is -2.58. The average molecular weight is 669 g/mol. The molecule has 0 amide bonds. The molecule has 0 heterocycles. The van der Waals surface area contributed by atoms with Gasteiger partial charge in [0, 0.05) is 24.1 Å². The molecule has 0 radical (unpaired) electrons. The third kappa shape index (κ3) is 9.26. The minimum Gasteiger partial charge on any atom is -0.429 e. The van der Waals surface area contributed by atoms with Gasteiger partial charge in [-0.1, -0.05) is 61.0 Å². The van der Waals surface area contributed by atoms with E-state index in [1.54, 1.807) is 0 Å². The molecule has 0 bridgehead atoms. The maximum atomic E-state index is 14.8. The van der Waals surface area contributed by atoms with Gasteiger partial charge in [-0.05, 0) is 54.7 Å². The van der Waals surface area contributed by atoms with Gasteiger partial charge in [0.25, 0.3) is 0 Å². The quantitative estimate of drug-likeness (QED) is 0.142. The van der Waals surface area contributed by atoms with Crippen LogP contribution in [0.25, 0.3) is 5.57 Å². The summed E-state index contributed by atoms with van der Waals surface area (Å²) < 4.78 is 133. The van der Waals surface area contributed by atoms with Gasteiger partial charge >= 0.3 is 12.5 Å². The molecule has 0 fully saturated rings. The largest absolute Gasteiger partial charge is 0.573 e. The fourth-order valence-electron chi connectivity index (χ4n) is 4.02. The number of halogens is 11. The van der Waals surface area contributed by atoms with Crippen molar-refractivity contribution in [3.8, 4) is 23.3 Å². The Bertz CT molecular complexity index is 1520. The Morgan fingerprint density at radius 2 is 1.64 bits per heavy atom. The smallest absolute Gasteiger partial charge is 0.429 e.